The number of carbonyl (C=O) groups is 1. The zero-order chi connectivity index (χ0) is 22.1. The average molecular weight is 502 g/mol. The first-order valence-corrected chi connectivity index (χ1v) is 9.90. The molecule has 3 aromatic rings. The number of benzene rings is 2. The van der Waals surface area contributed by atoms with Gasteiger partial charge in [0, 0.05) is 17.6 Å². The Kier molecular flexibility index (Phi) is 6.51. The molecule has 3 rings (SSSR count). The Bertz CT molecular complexity index is 1110. The molecule has 0 aliphatic rings. The molecule has 0 atom stereocenters. The van der Waals surface area contributed by atoms with Crippen LogP contribution in [-0.2, 0) is 11.9 Å². The lowest BCUT2D eigenvalue weighted by atomic mass is 10.2. The van der Waals surface area contributed by atoms with Gasteiger partial charge in [0.05, 0.1) is 29.2 Å². The van der Waals surface area contributed by atoms with Crippen LogP contribution in [0.2, 0.25) is 5.02 Å². The molecule has 3 N–H and O–H groups in total. The first-order chi connectivity index (χ1) is 14.1. The Hall–Kier alpha value is -2.40. The molecule has 0 radical (unpaired) electrons. The van der Waals surface area contributed by atoms with Gasteiger partial charge < -0.3 is 19.7 Å². The van der Waals surface area contributed by atoms with E-state index in [1.807, 2.05) is 0 Å². The fraction of sp³-hybridized carbons (Fsp3) is 0.263. The molecule has 0 saturated heterocycles. The molecular formula is C19H19BrClFN4O4. The van der Waals surface area contributed by atoms with Crippen LogP contribution in [0, 0.1) is 5.82 Å². The molecule has 0 unspecified atom stereocenters. The molecule has 2 aromatic carbocycles. The fourth-order valence-electron chi connectivity index (χ4n) is 2.46. The number of amides is 1. The van der Waals surface area contributed by atoms with E-state index in [-0.39, 0.29) is 23.6 Å². The Morgan fingerprint density at radius 2 is 2.13 bits per heavy atom. The maximum atomic E-state index is 15.3. The predicted octanol–water partition coefficient (Wildman–Crippen LogP) is 4.66. The first-order valence-electron chi connectivity index (χ1n) is 8.73. The van der Waals surface area contributed by atoms with Gasteiger partial charge in [0.15, 0.2) is 11.6 Å². The SMILES string of the molecule is Cn1cnc2c(F)c(Nc3ccc(Br)cc3Cl)c(OC(=O)NOC(C)(C)CO)cc21. The minimum absolute atomic E-state index is 0.0960. The second-order valence-electron chi connectivity index (χ2n) is 7.05. The van der Waals surface area contributed by atoms with E-state index in [0.717, 1.165) is 4.47 Å². The molecule has 11 heteroatoms. The highest BCUT2D eigenvalue weighted by Gasteiger charge is 2.23. The van der Waals surface area contributed by atoms with Gasteiger partial charge in [-0.25, -0.2) is 14.2 Å². The zero-order valence-electron chi connectivity index (χ0n) is 16.3. The van der Waals surface area contributed by atoms with Crippen molar-refractivity contribution in [3.8, 4) is 5.75 Å². The van der Waals surface area contributed by atoms with E-state index in [1.54, 1.807) is 43.7 Å². The van der Waals surface area contributed by atoms with Crippen molar-refractivity contribution >= 4 is 56.0 Å². The van der Waals surface area contributed by atoms with Gasteiger partial charge in [-0.3, -0.25) is 4.84 Å². The van der Waals surface area contributed by atoms with E-state index < -0.39 is 17.5 Å². The van der Waals surface area contributed by atoms with Crippen LogP contribution in [-0.4, -0.2) is 33.0 Å². The van der Waals surface area contributed by atoms with Gasteiger partial charge in [0.25, 0.3) is 0 Å². The molecule has 8 nitrogen and oxygen atoms in total. The Balaban J connectivity index is 1.97. The standard InChI is InChI=1S/C19H19BrClFN4O4/c1-19(2,8-27)30-25-18(28)29-14-7-13-16(23-9-26(13)3)15(22)17(14)24-12-5-4-10(20)6-11(12)21/h4-7,9,24,27H,8H2,1-3H3,(H,25,28). The number of aliphatic hydroxyl groups is 1. The predicted molar refractivity (Wildman–Crippen MR) is 115 cm³/mol. The van der Waals surface area contributed by atoms with E-state index in [1.165, 1.54) is 12.4 Å². The minimum atomic E-state index is -1.03. The van der Waals surface area contributed by atoms with Crippen molar-refractivity contribution in [2.45, 2.75) is 19.4 Å². The summed E-state index contributed by atoms with van der Waals surface area (Å²) in [5.74, 6) is -0.822. The third kappa shape index (κ3) is 4.84. The van der Waals surface area contributed by atoms with Crippen molar-refractivity contribution < 1.29 is 23.9 Å². The highest BCUT2D eigenvalue weighted by molar-refractivity contribution is 9.10. The van der Waals surface area contributed by atoms with Crippen LogP contribution in [0.4, 0.5) is 20.6 Å². The van der Waals surface area contributed by atoms with Crippen molar-refractivity contribution in [1.29, 1.82) is 0 Å². The van der Waals surface area contributed by atoms with Gasteiger partial charge in [0.1, 0.15) is 16.8 Å². The number of nitrogens with one attached hydrogen (secondary N) is 2. The topological polar surface area (TPSA) is 97.6 Å². The molecule has 0 fully saturated rings. The summed E-state index contributed by atoms with van der Waals surface area (Å²) in [7, 11) is 1.68. The number of nitrogens with zero attached hydrogens (tertiary/aromatic N) is 2. The summed E-state index contributed by atoms with van der Waals surface area (Å²) in [6, 6.07) is 6.48. The van der Waals surface area contributed by atoms with E-state index in [0.29, 0.717) is 16.2 Å². The number of ether oxygens (including phenoxy) is 1. The highest BCUT2D eigenvalue weighted by Crippen LogP contribution is 2.38. The lowest BCUT2D eigenvalue weighted by molar-refractivity contribution is -0.0973. The zero-order valence-corrected chi connectivity index (χ0v) is 18.6. The maximum Gasteiger partial charge on any atom is 0.436 e. The molecule has 160 valence electrons. The summed E-state index contributed by atoms with van der Waals surface area (Å²) in [4.78, 5) is 21.4. The van der Waals surface area contributed by atoms with Crippen molar-refractivity contribution in [3.63, 3.8) is 0 Å². The van der Waals surface area contributed by atoms with Crippen molar-refractivity contribution in [2.24, 2.45) is 7.05 Å². The summed E-state index contributed by atoms with van der Waals surface area (Å²) in [6.45, 7) is 2.80. The Morgan fingerprint density at radius 3 is 2.80 bits per heavy atom. The third-order valence-corrected chi connectivity index (χ3v) is 4.92. The van der Waals surface area contributed by atoms with Crippen LogP contribution in [0.25, 0.3) is 11.0 Å². The third-order valence-electron chi connectivity index (χ3n) is 4.11. The van der Waals surface area contributed by atoms with Crippen molar-refractivity contribution in [2.75, 3.05) is 11.9 Å². The molecule has 1 aromatic heterocycles. The number of anilines is 2. The van der Waals surface area contributed by atoms with E-state index in [2.05, 4.69) is 31.7 Å². The molecule has 0 bridgehead atoms. The van der Waals surface area contributed by atoms with Crippen LogP contribution >= 0.6 is 27.5 Å². The smallest absolute Gasteiger partial charge is 0.406 e. The van der Waals surface area contributed by atoms with Crippen LogP contribution in [0.1, 0.15) is 13.8 Å². The average Bonchev–Trinajstić information content (AvgIpc) is 3.06. The Morgan fingerprint density at radius 1 is 1.40 bits per heavy atom. The number of aliphatic hydroxyl groups excluding tert-OH is 1. The summed E-state index contributed by atoms with van der Waals surface area (Å²) < 4.78 is 22.9. The maximum absolute atomic E-state index is 15.3. The fourth-order valence-corrected chi connectivity index (χ4v) is 3.18. The van der Waals surface area contributed by atoms with Gasteiger partial charge in [-0.05, 0) is 32.0 Å². The number of carbonyl (C=O) groups excluding carboxylic acids is 1. The van der Waals surface area contributed by atoms with Crippen molar-refractivity contribution in [3.05, 3.63) is 45.9 Å². The number of rotatable bonds is 6. The van der Waals surface area contributed by atoms with E-state index >= 15 is 4.39 Å². The van der Waals surface area contributed by atoms with E-state index in [4.69, 9.17) is 21.2 Å². The lowest BCUT2D eigenvalue weighted by Gasteiger charge is -2.21. The molecule has 1 heterocycles. The van der Waals surface area contributed by atoms with Gasteiger partial charge in [-0.15, -0.1) is 0 Å². The largest absolute Gasteiger partial charge is 0.436 e. The molecule has 0 spiro atoms. The number of halogens is 3. The quantitative estimate of drug-likeness (QED) is 0.425. The second kappa shape index (κ2) is 8.76. The van der Waals surface area contributed by atoms with Crippen LogP contribution in [0.3, 0.4) is 0 Å². The van der Waals surface area contributed by atoms with Crippen LogP contribution in [0.15, 0.2) is 35.1 Å². The van der Waals surface area contributed by atoms with Crippen molar-refractivity contribution in [1.82, 2.24) is 15.0 Å². The summed E-state index contributed by atoms with van der Waals surface area (Å²) >= 11 is 9.54. The number of aromatic nitrogens is 2. The van der Waals surface area contributed by atoms with Gasteiger partial charge in [-0.2, -0.15) is 5.48 Å². The monoisotopic (exact) mass is 500 g/mol. The number of aryl methyl sites for hydroxylation is 1. The highest BCUT2D eigenvalue weighted by atomic mass is 79.9. The van der Waals surface area contributed by atoms with Gasteiger partial charge in [0.2, 0.25) is 0 Å². The molecular weight excluding hydrogens is 483 g/mol. The van der Waals surface area contributed by atoms with Crippen LogP contribution < -0.4 is 15.5 Å². The first kappa shape index (κ1) is 22.3. The minimum Gasteiger partial charge on any atom is -0.406 e. The molecule has 1 amide bonds. The van der Waals surface area contributed by atoms with Gasteiger partial charge in [-0.1, -0.05) is 27.5 Å². The van der Waals surface area contributed by atoms with E-state index in [9.17, 15) is 9.90 Å². The lowest BCUT2D eigenvalue weighted by Crippen LogP contribution is -2.39. The second-order valence-corrected chi connectivity index (χ2v) is 8.37. The summed E-state index contributed by atoms with van der Waals surface area (Å²) in [6.07, 6.45) is 0.448. The molecule has 0 saturated carbocycles. The van der Waals surface area contributed by atoms with Gasteiger partial charge >= 0.3 is 6.09 Å². The van der Waals surface area contributed by atoms with Crippen LogP contribution in [0.5, 0.6) is 5.75 Å². The molecule has 0 aliphatic carbocycles. The number of hydrogen-bond acceptors (Lipinski definition) is 6. The summed E-state index contributed by atoms with van der Waals surface area (Å²) in [5.41, 5.74) is 1.85. The normalized spacial score (nSPS) is 11.6. The number of hydrogen-bond donors (Lipinski definition) is 3. The Labute approximate surface area is 185 Å². The number of hydroxylamine groups is 1. The number of fused-ring (bicyclic) bond motifs is 1. The molecule has 0 aliphatic heterocycles. The summed E-state index contributed by atoms with van der Waals surface area (Å²) in [5, 5.41) is 12.4. The molecule has 30 heavy (non-hydrogen) atoms. The number of imidazole rings is 1.